The number of amides is 1. The molecule has 7 heteroatoms. The molecule has 0 aliphatic heterocycles. The Morgan fingerprint density at radius 3 is 2.35 bits per heavy atom. The van der Waals surface area contributed by atoms with Crippen LogP contribution in [0.25, 0.3) is 11.1 Å². The van der Waals surface area contributed by atoms with E-state index in [0.717, 1.165) is 34.0 Å². The number of benzene rings is 3. The van der Waals surface area contributed by atoms with Crippen molar-refractivity contribution in [3.63, 3.8) is 0 Å². The van der Waals surface area contributed by atoms with Crippen molar-refractivity contribution in [2.24, 2.45) is 0 Å². The van der Waals surface area contributed by atoms with Crippen molar-refractivity contribution in [3.05, 3.63) is 89.0 Å². The maximum absolute atomic E-state index is 13.7. The van der Waals surface area contributed by atoms with Crippen molar-refractivity contribution < 1.29 is 18.7 Å². The van der Waals surface area contributed by atoms with Crippen LogP contribution >= 0.6 is 0 Å². The monoisotopic (exact) mass is 465 g/mol. The quantitative estimate of drug-likeness (QED) is 0.474. The SMILES string of the molecule is CC(=O)N[C@@H](Cc1cc(F)cc(F)c1)[C@H](O)CNC1c2ccccc2-c2ccc(N(C)C)cc21. The molecule has 1 aliphatic carbocycles. The zero-order chi connectivity index (χ0) is 24.4. The first-order chi connectivity index (χ1) is 16.2. The molecule has 4 rings (SSSR count). The average Bonchev–Trinajstić information content (AvgIpc) is 3.09. The smallest absolute Gasteiger partial charge is 0.217 e. The van der Waals surface area contributed by atoms with Gasteiger partial charge in [0.25, 0.3) is 0 Å². The molecule has 0 radical (unpaired) electrons. The summed E-state index contributed by atoms with van der Waals surface area (Å²) < 4.78 is 27.3. The van der Waals surface area contributed by atoms with Gasteiger partial charge in [-0.25, -0.2) is 8.78 Å². The van der Waals surface area contributed by atoms with E-state index in [1.807, 2.05) is 31.1 Å². The highest BCUT2D eigenvalue weighted by molar-refractivity contribution is 5.80. The molecule has 178 valence electrons. The number of carbonyl (C=O) groups is 1. The maximum Gasteiger partial charge on any atom is 0.217 e. The van der Waals surface area contributed by atoms with Crippen LogP contribution in [-0.2, 0) is 11.2 Å². The zero-order valence-electron chi connectivity index (χ0n) is 19.5. The van der Waals surface area contributed by atoms with E-state index in [4.69, 9.17) is 0 Å². The van der Waals surface area contributed by atoms with E-state index in [9.17, 15) is 18.7 Å². The molecule has 0 saturated heterocycles. The van der Waals surface area contributed by atoms with Crippen molar-refractivity contribution in [2.75, 3.05) is 25.5 Å². The highest BCUT2D eigenvalue weighted by atomic mass is 19.1. The Balaban J connectivity index is 1.56. The number of fused-ring (bicyclic) bond motifs is 3. The van der Waals surface area contributed by atoms with E-state index in [1.165, 1.54) is 19.1 Å². The van der Waals surface area contributed by atoms with E-state index in [1.54, 1.807) is 0 Å². The fourth-order valence-electron chi connectivity index (χ4n) is 4.60. The molecule has 0 fully saturated rings. The van der Waals surface area contributed by atoms with E-state index >= 15 is 0 Å². The standard InChI is InChI=1S/C27H29F2N3O2/c1-16(33)31-25(12-17-10-18(28)13-19(29)11-17)26(34)15-30-27-23-7-5-4-6-21(23)22-9-8-20(32(2)3)14-24(22)27/h4-11,13-14,25-27,30,34H,12,15H2,1-3H3,(H,31,33)/t25-,26+,27?/m0/s1. The summed E-state index contributed by atoms with van der Waals surface area (Å²) in [5.74, 6) is -1.71. The molecule has 1 aliphatic rings. The van der Waals surface area contributed by atoms with Gasteiger partial charge < -0.3 is 20.6 Å². The first-order valence-electron chi connectivity index (χ1n) is 11.3. The fraction of sp³-hybridized carbons (Fsp3) is 0.296. The van der Waals surface area contributed by atoms with E-state index in [-0.39, 0.29) is 24.9 Å². The lowest BCUT2D eigenvalue weighted by Gasteiger charge is -2.26. The van der Waals surface area contributed by atoms with Crippen LogP contribution in [0.15, 0.2) is 60.7 Å². The third-order valence-electron chi connectivity index (χ3n) is 6.19. The second-order valence-corrected chi connectivity index (χ2v) is 8.95. The van der Waals surface area contributed by atoms with Gasteiger partial charge in [0.1, 0.15) is 11.6 Å². The Kier molecular flexibility index (Phi) is 6.95. The zero-order valence-corrected chi connectivity index (χ0v) is 19.5. The third kappa shape index (κ3) is 5.11. The molecule has 1 unspecified atom stereocenters. The van der Waals surface area contributed by atoms with Crippen LogP contribution < -0.4 is 15.5 Å². The molecule has 0 bridgehead atoms. The van der Waals surface area contributed by atoms with Crippen LogP contribution in [-0.4, -0.2) is 43.8 Å². The number of hydrogen-bond acceptors (Lipinski definition) is 4. The van der Waals surface area contributed by atoms with Crippen molar-refractivity contribution in [1.29, 1.82) is 0 Å². The fourth-order valence-corrected chi connectivity index (χ4v) is 4.60. The number of nitrogens with one attached hydrogen (secondary N) is 2. The number of anilines is 1. The second-order valence-electron chi connectivity index (χ2n) is 8.95. The summed E-state index contributed by atoms with van der Waals surface area (Å²) in [5, 5.41) is 17.2. The van der Waals surface area contributed by atoms with Crippen LogP contribution in [0.1, 0.15) is 29.7 Å². The first-order valence-corrected chi connectivity index (χ1v) is 11.3. The summed E-state index contributed by atoms with van der Waals surface area (Å²) in [6.45, 7) is 1.53. The van der Waals surface area contributed by atoms with Crippen LogP contribution in [0.3, 0.4) is 0 Å². The summed E-state index contributed by atoms with van der Waals surface area (Å²) in [4.78, 5) is 13.8. The number of halogens is 2. The summed E-state index contributed by atoms with van der Waals surface area (Å²) in [7, 11) is 3.98. The lowest BCUT2D eigenvalue weighted by molar-refractivity contribution is -0.120. The van der Waals surface area contributed by atoms with Gasteiger partial charge in [0.15, 0.2) is 0 Å². The molecular formula is C27H29F2N3O2. The van der Waals surface area contributed by atoms with Crippen molar-refractivity contribution in [2.45, 2.75) is 31.5 Å². The van der Waals surface area contributed by atoms with Gasteiger partial charge in [0.05, 0.1) is 18.2 Å². The minimum Gasteiger partial charge on any atom is -0.390 e. The predicted molar refractivity (Wildman–Crippen MR) is 130 cm³/mol. The number of aliphatic hydroxyl groups excluding tert-OH is 1. The number of rotatable bonds is 8. The Bertz CT molecular complexity index is 1180. The molecule has 0 heterocycles. The molecule has 3 atom stereocenters. The number of nitrogens with zero attached hydrogens (tertiary/aromatic N) is 1. The number of hydrogen-bond donors (Lipinski definition) is 3. The van der Waals surface area contributed by atoms with Crippen LogP contribution in [0.5, 0.6) is 0 Å². The van der Waals surface area contributed by atoms with Crippen molar-refractivity contribution >= 4 is 11.6 Å². The molecule has 0 aromatic heterocycles. The minimum absolute atomic E-state index is 0.0969. The van der Waals surface area contributed by atoms with Gasteiger partial charge in [-0.15, -0.1) is 0 Å². The first kappa shape index (κ1) is 23.9. The summed E-state index contributed by atoms with van der Waals surface area (Å²) >= 11 is 0. The third-order valence-corrected chi connectivity index (χ3v) is 6.19. The van der Waals surface area contributed by atoms with Crippen LogP contribution in [0.2, 0.25) is 0 Å². The van der Waals surface area contributed by atoms with E-state index < -0.39 is 23.8 Å². The Hall–Kier alpha value is -3.29. The van der Waals surface area contributed by atoms with Crippen molar-refractivity contribution in [1.82, 2.24) is 10.6 Å². The van der Waals surface area contributed by atoms with Gasteiger partial charge in [-0.2, -0.15) is 0 Å². The van der Waals surface area contributed by atoms with Gasteiger partial charge in [-0.3, -0.25) is 4.79 Å². The maximum atomic E-state index is 13.7. The van der Waals surface area contributed by atoms with Gasteiger partial charge in [-0.1, -0.05) is 30.3 Å². The van der Waals surface area contributed by atoms with Crippen molar-refractivity contribution in [3.8, 4) is 11.1 Å². The molecule has 5 nitrogen and oxygen atoms in total. The average molecular weight is 466 g/mol. The Labute approximate surface area is 198 Å². The molecule has 1 amide bonds. The number of carbonyl (C=O) groups excluding carboxylic acids is 1. The molecule has 0 saturated carbocycles. The highest BCUT2D eigenvalue weighted by Gasteiger charge is 2.30. The van der Waals surface area contributed by atoms with Gasteiger partial charge in [0, 0.05) is 39.3 Å². The second kappa shape index (κ2) is 9.91. The molecular weight excluding hydrogens is 436 g/mol. The molecule has 3 aromatic carbocycles. The van der Waals surface area contributed by atoms with Crippen LogP contribution in [0, 0.1) is 11.6 Å². The molecule has 3 aromatic rings. The molecule has 0 spiro atoms. The predicted octanol–water partition coefficient (Wildman–Crippen LogP) is 3.80. The van der Waals surface area contributed by atoms with E-state index in [0.29, 0.717) is 5.56 Å². The number of aliphatic hydroxyl groups is 1. The lowest BCUT2D eigenvalue weighted by Crippen LogP contribution is -2.48. The largest absolute Gasteiger partial charge is 0.390 e. The van der Waals surface area contributed by atoms with E-state index in [2.05, 4.69) is 41.0 Å². The van der Waals surface area contributed by atoms with Gasteiger partial charge >= 0.3 is 0 Å². The minimum atomic E-state index is -0.983. The summed E-state index contributed by atoms with van der Waals surface area (Å²) in [6.07, 6.45) is -0.886. The highest BCUT2D eigenvalue weighted by Crippen LogP contribution is 2.44. The summed E-state index contributed by atoms with van der Waals surface area (Å²) in [6, 6.07) is 16.8. The van der Waals surface area contributed by atoms with Crippen LogP contribution in [0.4, 0.5) is 14.5 Å². The summed E-state index contributed by atoms with van der Waals surface area (Å²) in [5.41, 5.74) is 5.95. The topological polar surface area (TPSA) is 64.6 Å². The molecule has 34 heavy (non-hydrogen) atoms. The normalized spacial score (nSPS) is 15.9. The lowest BCUT2D eigenvalue weighted by atomic mass is 9.99. The van der Waals surface area contributed by atoms with Gasteiger partial charge in [-0.05, 0) is 58.5 Å². The Morgan fingerprint density at radius 1 is 1.00 bits per heavy atom. The molecule has 3 N–H and O–H groups in total. The van der Waals surface area contributed by atoms with Gasteiger partial charge in [0.2, 0.25) is 5.91 Å². The Morgan fingerprint density at radius 2 is 1.68 bits per heavy atom.